The van der Waals surface area contributed by atoms with Gasteiger partial charge in [0.2, 0.25) is 10.0 Å². The van der Waals surface area contributed by atoms with E-state index >= 15 is 0 Å². The molecule has 1 N–H and O–H groups in total. The molecule has 2 aliphatic rings. The number of sulfonamides is 1. The van der Waals surface area contributed by atoms with Crippen LogP contribution in [0.1, 0.15) is 37.3 Å². The number of phenols is 1. The molecule has 2 atom stereocenters. The Morgan fingerprint density at radius 2 is 1.71 bits per heavy atom. The van der Waals surface area contributed by atoms with Gasteiger partial charge < -0.3 is 5.11 Å². The van der Waals surface area contributed by atoms with Gasteiger partial charge in [-0.05, 0) is 61.6 Å². The van der Waals surface area contributed by atoms with Crippen LogP contribution in [0.5, 0.6) is 5.75 Å². The van der Waals surface area contributed by atoms with E-state index in [1.165, 1.54) is 6.26 Å². The van der Waals surface area contributed by atoms with E-state index in [9.17, 15) is 13.5 Å². The van der Waals surface area contributed by atoms with Gasteiger partial charge in [0.1, 0.15) is 11.4 Å². The van der Waals surface area contributed by atoms with Crippen LogP contribution in [0.25, 0.3) is 28.0 Å². The highest BCUT2D eigenvalue weighted by Gasteiger charge is 2.46. The van der Waals surface area contributed by atoms with Crippen LogP contribution in [0.15, 0.2) is 55.0 Å². The van der Waals surface area contributed by atoms with Crippen molar-refractivity contribution in [2.24, 2.45) is 0 Å². The number of phenolic OH excluding ortho intramolecular Hbond substituents is 1. The highest BCUT2D eigenvalue weighted by atomic mass is 35.5. The third kappa shape index (κ3) is 3.78. The summed E-state index contributed by atoms with van der Waals surface area (Å²) in [6.07, 6.45) is 9.82. The molecule has 0 aliphatic carbocycles. The van der Waals surface area contributed by atoms with Crippen molar-refractivity contribution < 1.29 is 13.5 Å². The van der Waals surface area contributed by atoms with Gasteiger partial charge in [-0.15, -0.1) is 0 Å². The highest BCUT2D eigenvalue weighted by molar-refractivity contribution is 7.88. The zero-order valence-electron chi connectivity index (χ0n) is 19.0. The van der Waals surface area contributed by atoms with Crippen LogP contribution in [-0.4, -0.2) is 55.8 Å². The van der Waals surface area contributed by atoms with Crippen molar-refractivity contribution in [2.45, 2.75) is 43.7 Å². The average molecular weight is 510 g/mol. The number of hydrogen-bond donors (Lipinski definition) is 1. The molecule has 8 nitrogen and oxygen atoms in total. The summed E-state index contributed by atoms with van der Waals surface area (Å²) in [5.74, 6) is 0.151. The SMILES string of the molecule is CS(=O)(=O)N1C2CCC1CC(c1ccnc3c(-c4ccc(Cl)c(O)c4)c(-c4ccncc4)nn13)C2. The first-order valence-corrected chi connectivity index (χ1v) is 13.8. The average Bonchev–Trinajstić information content (AvgIpc) is 3.36. The Hall–Kier alpha value is -3.01. The molecular weight excluding hydrogens is 486 g/mol. The molecule has 5 heterocycles. The molecule has 3 aromatic heterocycles. The van der Waals surface area contributed by atoms with Crippen molar-refractivity contribution in [3.63, 3.8) is 0 Å². The summed E-state index contributed by atoms with van der Waals surface area (Å²) in [5.41, 5.74) is 4.85. The molecule has 0 amide bonds. The quantitative estimate of drug-likeness (QED) is 0.435. The molecule has 2 aliphatic heterocycles. The third-order valence-electron chi connectivity index (χ3n) is 7.20. The highest BCUT2D eigenvalue weighted by Crippen LogP contribution is 2.45. The lowest BCUT2D eigenvalue weighted by Crippen LogP contribution is -2.45. The van der Waals surface area contributed by atoms with E-state index in [4.69, 9.17) is 16.7 Å². The lowest BCUT2D eigenvalue weighted by Gasteiger charge is -2.37. The minimum absolute atomic E-state index is 0.00919. The Morgan fingerprint density at radius 3 is 2.37 bits per heavy atom. The van der Waals surface area contributed by atoms with Crippen LogP contribution in [0.2, 0.25) is 5.02 Å². The first-order valence-electron chi connectivity index (χ1n) is 11.6. The molecular formula is C25H24ClN5O3S. The summed E-state index contributed by atoms with van der Waals surface area (Å²) in [6.45, 7) is 0. The summed E-state index contributed by atoms with van der Waals surface area (Å²) in [7, 11) is -3.23. The number of benzene rings is 1. The molecule has 0 saturated carbocycles. The lowest BCUT2D eigenvalue weighted by atomic mass is 9.89. The van der Waals surface area contributed by atoms with E-state index in [1.54, 1.807) is 35.0 Å². The standard InChI is InChI=1S/C25H24ClN5O3S/c1-35(33,34)31-18-3-4-19(31)13-17(12-18)21-8-11-28-25-23(16-2-5-20(26)22(32)14-16)24(29-30(21)25)15-6-9-27-10-7-15/h2,5-11,14,17-19,32H,3-4,12-13H2,1H3. The van der Waals surface area contributed by atoms with Gasteiger partial charge in [-0.2, -0.15) is 9.40 Å². The van der Waals surface area contributed by atoms with Crippen LogP contribution in [-0.2, 0) is 10.0 Å². The fourth-order valence-corrected chi connectivity index (χ4v) is 7.42. The zero-order valence-corrected chi connectivity index (χ0v) is 20.6. The predicted octanol–water partition coefficient (Wildman–Crippen LogP) is 4.49. The lowest BCUT2D eigenvalue weighted by molar-refractivity contribution is 0.224. The van der Waals surface area contributed by atoms with Crippen molar-refractivity contribution in [2.75, 3.05) is 6.26 Å². The molecule has 2 fully saturated rings. The number of hydrogen-bond acceptors (Lipinski definition) is 6. The number of rotatable bonds is 4. The second-order valence-corrected chi connectivity index (χ2v) is 11.7. The van der Waals surface area contributed by atoms with Gasteiger partial charge in [0, 0.05) is 47.8 Å². The maximum absolute atomic E-state index is 12.4. The van der Waals surface area contributed by atoms with Crippen molar-refractivity contribution in [3.8, 4) is 28.1 Å². The van der Waals surface area contributed by atoms with Gasteiger partial charge in [0.05, 0.1) is 16.8 Å². The number of aromatic nitrogens is 4. The summed E-state index contributed by atoms with van der Waals surface area (Å²) >= 11 is 6.08. The van der Waals surface area contributed by atoms with Crippen molar-refractivity contribution in [3.05, 3.63) is 65.7 Å². The summed E-state index contributed by atoms with van der Waals surface area (Å²) in [5, 5.41) is 15.6. The fourth-order valence-electron chi connectivity index (χ4n) is 5.84. The number of halogens is 1. The van der Waals surface area contributed by atoms with Gasteiger partial charge in [0.15, 0.2) is 5.65 Å². The molecule has 2 bridgehead atoms. The predicted molar refractivity (Wildman–Crippen MR) is 134 cm³/mol. The normalized spacial score (nSPS) is 22.6. The molecule has 180 valence electrons. The first kappa shape index (κ1) is 22.5. The molecule has 10 heteroatoms. The smallest absolute Gasteiger partial charge is 0.211 e. The number of fused-ring (bicyclic) bond motifs is 3. The van der Waals surface area contributed by atoms with Gasteiger partial charge in [0.25, 0.3) is 0 Å². The van der Waals surface area contributed by atoms with E-state index in [1.807, 2.05) is 28.8 Å². The second kappa shape index (κ2) is 8.29. The molecule has 6 rings (SSSR count). The van der Waals surface area contributed by atoms with Crippen molar-refractivity contribution >= 4 is 27.3 Å². The molecule has 2 saturated heterocycles. The number of pyridine rings is 1. The Morgan fingerprint density at radius 1 is 1.00 bits per heavy atom. The van der Waals surface area contributed by atoms with Gasteiger partial charge in [-0.25, -0.2) is 17.9 Å². The monoisotopic (exact) mass is 509 g/mol. The summed E-state index contributed by atoms with van der Waals surface area (Å²) in [6, 6.07) is 10.9. The topological polar surface area (TPSA) is 101 Å². The summed E-state index contributed by atoms with van der Waals surface area (Å²) in [4.78, 5) is 8.82. The van der Waals surface area contributed by atoms with Gasteiger partial charge >= 0.3 is 0 Å². The van der Waals surface area contributed by atoms with E-state index in [2.05, 4.69) is 9.97 Å². The van der Waals surface area contributed by atoms with Crippen LogP contribution >= 0.6 is 11.6 Å². The second-order valence-electron chi connectivity index (χ2n) is 9.38. The van der Waals surface area contributed by atoms with Gasteiger partial charge in [-0.1, -0.05) is 17.7 Å². The van der Waals surface area contributed by atoms with E-state index in [0.29, 0.717) is 5.65 Å². The maximum Gasteiger partial charge on any atom is 0.211 e. The van der Waals surface area contributed by atoms with E-state index in [0.717, 1.165) is 53.8 Å². The minimum Gasteiger partial charge on any atom is -0.506 e. The number of piperidine rings is 1. The van der Waals surface area contributed by atoms with Crippen LogP contribution < -0.4 is 0 Å². The van der Waals surface area contributed by atoms with Crippen LogP contribution in [0.4, 0.5) is 0 Å². The number of nitrogens with zero attached hydrogens (tertiary/aromatic N) is 5. The van der Waals surface area contributed by atoms with Crippen LogP contribution in [0, 0.1) is 0 Å². The molecule has 2 unspecified atom stereocenters. The van der Waals surface area contributed by atoms with Crippen molar-refractivity contribution in [1.82, 2.24) is 23.9 Å². The Bertz CT molecular complexity index is 1530. The van der Waals surface area contributed by atoms with E-state index in [-0.39, 0.29) is 28.8 Å². The maximum atomic E-state index is 12.4. The van der Waals surface area contributed by atoms with E-state index < -0.39 is 10.0 Å². The Kier molecular flexibility index (Phi) is 5.32. The third-order valence-corrected chi connectivity index (χ3v) is 8.89. The largest absolute Gasteiger partial charge is 0.506 e. The Labute approximate surface area is 208 Å². The fraction of sp³-hybridized carbons (Fsp3) is 0.320. The zero-order chi connectivity index (χ0) is 24.3. The Balaban J connectivity index is 1.51. The first-order chi connectivity index (χ1) is 16.8. The molecule has 35 heavy (non-hydrogen) atoms. The minimum atomic E-state index is -3.23. The van der Waals surface area contributed by atoms with Gasteiger partial charge in [-0.3, -0.25) is 4.98 Å². The summed E-state index contributed by atoms with van der Waals surface area (Å²) < 4.78 is 28.4. The molecule has 0 radical (unpaired) electrons. The van der Waals surface area contributed by atoms with Crippen molar-refractivity contribution in [1.29, 1.82) is 0 Å². The molecule has 0 spiro atoms. The molecule has 1 aromatic carbocycles. The van der Waals surface area contributed by atoms with Crippen LogP contribution in [0.3, 0.4) is 0 Å². The molecule has 4 aromatic rings. The number of aromatic hydroxyl groups is 1.